The van der Waals surface area contributed by atoms with Gasteiger partial charge in [-0.2, -0.15) is 0 Å². The fourth-order valence-electron chi connectivity index (χ4n) is 3.10. The Morgan fingerprint density at radius 3 is 1.29 bits per heavy atom. The van der Waals surface area contributed by atoms with E-state index >= 15 is 0 Å². The zero-order valence-corrected chi connectivity index (χ0v) is 15.7. The van der Waals surface area contributed by atoms with Crippen molar-refractivity contribution < 1.29 is 19.1 Å². The van der Waals surface area contributed by atoms with Crippen LogP contribution in [0.15, 0.2) is 0 Å². The Kier molecular flexibility index (Phi) is 11.6. The van der Waals surface area contributed by atoms with Gasteiger partial charge in [-0.15, -0.1) is 0 Å². The molecule has 1 saturated heterocycles. The molecule has 1 heterocycles. The lowest BCUT2D eigenvalue weighted by atomic mass is 10.0. The second-order valence-corrected chi connectivity index (χ2v) is 6.96. The summed E-state index contributed by atoms with van der Waals surface area (Å²) in [5, 5.41) is 0. The first-order valence-electron chi connectivity index (χ1n) is 10.1. The SMILES string of the molecule is CCCCCCCCC1OC(=O)C(CCCCCCCC)OC1=O. The van der Waals surface area contributed by atoms with Crippen LogP contribution in [0.4, 0.5) is 0 Å². The fourth-order valence-corrected chi connectivity index (χ4v) is 3.10. The van der Waals surface area contributed by atoms with E-state index in [1.807, 2.05) is 0 Å². The summed E-state index contributed by atoms with van der Waals surface area (Å²) in [5.74, 6) is -0.696. The largest absolute Gasteiger partial charge is 0.448 e. The van der Waals surface area contributed by atoms with Gasteiger partial charge in [0.15, 0.2) is 12.2 Å². The summed E-state index contributed by atoms with van der Waals surface area (Å²) < 4.78 is 10.6. The zero-order chi connectivity index (χ0) is 17.6. The molecule has 1 aliphatic heterocycles. The molecule has 0 bridgehead atoms. The van der Waals surface area contributed by atoms with Crippen molar-refractivity contribution in [3.8, 4) is 0 Å². The first-order chi connectivity index (χ1) is 11.7. The number of rotatable bonds is 14. The maximum Gasteiger partial charge on any atom is 0.348 e. The molecule has 0 N–H and O–H groups in total. The minimum absolute atomic E-state index is 0.348. The molecular formula is C20H36O4. The number of ether oxygens (including phenoxy) is 2. The van der Waals surface area contributed by atoms with Crippen LogP contribution < -0.4 is 0 Å². The van der Waals surface area contributed by atoms with E-state index in [0.717, 1.165) is 25.7 Å². The van der Waals surface area contributed by atoms with Gasteiger partial charge >= 0.3 is 11.9 Å². The third kappa shape index (κ3) is 8.70. The molecule has 0 aromatic heterocycles. The van der Waals surface area contributed by atoms with Gasteiger partial charge in [0, 0.05) is 0 Å². The average molecular weight is 341 g/mol. The van der Waals surface area contributed by atoms with E-state index in [4.69, 9.17) is 9.47 Å². The van der Waals surface area contributed by atoms with Gasteiger partial charge in [-0.1, -0.05) is 78.1 Å². The minimum Gasteiger partial charge on any atom is -0.448 e. The lowest BCUT2D eigenvalue weighted by molar-refractivity contribution is -0.196. The van der Waals surface area contributed by atoms with Crippen molar-refractivity contribution in [1.82, 2.24) is 0 Å². The van der Waals surface area contributed by atoms with Crippen LogP contribution >= 0.6 is 0 Å². The smallest absolute Gasteiger partial charge is 0.348 e. The Morgan fingerprint density at radius 1 is 0.583 bits per heavy atom. The number of esters is 2. The standard InChI is InChI=1S/C20H36O4/c1-3-5-7-9-11-13-15-17-19(21)24-18(20(22)23-17)16-14-12-10-8-6-4-2/h17-18H,3-16H2,1-2H3. The topological polar surface area (TPSA) is 52.6 Å². The predicted octanol–water partition coefficient (Wildman–Crippen LogP) is 5.32. The van der Waals surface area contributed by atoms with Crippen molar-refractivity contribution in [3.63, 3.8) is 0 Å². The number of carbonyl (C=O) groups is 2. The first-order valence-corrected chi connectivity index (χ1v) is 10.1. The van der Waals surface area contributed by atoms with Gasteiger partial charge in [-0.3, -0.25) is 0 Å². The minimum atomic E-state index is -0.676. The maximum absolute atomic E-state index is 12.0. The molecule has 0 aromatic rings. The van der Waals surface area contributed by atoms with Crippen LogP contribution in [-0.2, 0) is 19.1 Å². The Bertz CT molecular complexity index is 320. The van der Waals surface area contributed by atoms with Crippen LogP contribution in [0.5, 0.6) is 0 Å². The van der Waals surface area contributed by atoms with Crippen LogP contribution in [0.25, 0.3) is 0 Å². The van der Waals surface area contributed by atoms with Crippen molar-refractivity contribution in [1.29, 1.82) is 0 Å². The Labute approximate surface area is 147 Å². The Morgan fingerprint density at radius 2 is 0.917 bits per heavy atom. The van der Waals surface area contributed by atoms with Crippen LogP contribution in [0, 0.1) is 0 Å². The molecule has 2 unspecified atom stereocenters. The number of hydrogen-bond acceptors (Lipinski definition) is 4. The van der Waals surface area contributed by atoms with Gasteiger partial charge in [-0.05, 0) is 25.7 Å². The maximum atomic E-state index is 12.0. The van der Waals surface area contributed by atoms with Crippen LogP contribution in [0.2, 0.25) is 0 Å². The normalized spacial score (nSPS) is 20.8. The monoisotopic (exact) mass is 340 g/mol. The number of carbonyl (C=O) groups excluding carboxylic acids is 2. The van der Waals surface area contributed by atoms with E-state index in [2.05, 4.69) is 13.8 Å². The molecule has 1 rings (SSSR count). The summed E-state index contributed by atoms with van der Waals surface area (Å²) in [4.78, 5) is 24.0. The van der Waals surface area contributed by atoms with Crippen molar-refractivity contribution in [2.45, 2.75) is 116 Å². The Hall–Kier alpha value is -1.06. The second kappa shape index (κ2) is 13.3. The van der Waals surface area contributed by atoms with Crippen LogP contribution in [0.3, 0.4) is 0 Å². The van der Waals surface area contributed by atoms with E-state index in [-0.39, 0.29) is 11.9 Å². The van der Waals surface area contributed by atoms with Gasteiger partial charge in [0.05, 0.1) is 0 Å². The number of cyclic esters (lactones) is 2. The average Bonchev–Trinajstić information content (AvgIpc) is 2.57. The third-order valence-electron chi connectivity index (χ3n) is 4.68. The van der Waals surface area contributed by atoms with Gasteiger partial charge in [0.1, 0.15) is 0 Å². The highest BCUT2D eigenvalue weighted by atomic mass is 16.6. The van der Waals surface area contributed by atoms with Crippen LogP contribution in [-0.4, -0.2) is 24.1 Å². The molecule has 2 atom stereocenters. The third-order valence-corrected chi connectivity index (χ3v) is 4.68. The molecule has 0 aromatic carbocycles. The molecule has 0 amide bonds. The molecule has 0 spiro atoms. The molecule has 0 aliphatic carbocycles. The summed E-state index contributed by atoms with van der Waals surface area (Å²) in [6.45, 7) is 4.39. The molecule has 140 valence electrons. The molecule has 1 aliphatic rings. The second-order valence-electron chi connectivity index (χ2n) is 6.96. The van der Waals surface area contributed by atoms with Crippen LogP contribution in [0.1, 0.15) is 104 Å². The van der Waals surface area contributed by atoms with E-state index in [1.54, 1.807) is 0 Å². The quantitative estimate of drug-likeness (QED) is 0.317. The molecule has 24 heavy (non-hydrogen) atoms. The Balaban J connectivity index is 2.14. The summed E-state index contributed by atoms with van der Waals surface area (Å²) in [5.41, 5.74) is 0. The fraction of sp³-hybridized carbons (Fsp3) is 0.900. The molecule has 0 radical (unpaired) electrons. The van der Waals surface area contributed by atoms with Gasteiger partial charge in [-0.25, -0.2) is 9.59 Å². The van der Waals surface area contributed by atoms with E-state index in [0.29, 0.717) is 12.8 Å². The highest BCUT2D eigenvalue weighted by molar-refractivity contribution is 5.87. The summed E-state index contributed by atoms with van der Waals surface area (Å²) in [7, 11) is 0. The van der Waals surface area contributed by atoms with Crippen molar-refractivity contribution in [2.75, 3.05) is 0 Å². The zero-order valence-electron chi connectivity index (χ0n) is 15.7. The number of unbranched alkanes of at least 4 members (excludes halogenated alkanes) is 10. The molecule has 4 heteroatoms. The summed E-state index contributed by atoms with van der Waals surface area (Å²) >= 11 is 0. The van der Waals surface area contributed by atoms with E-state index in [1.165, 1.54) is 51.4 Å². The highest BCUT2D eigenvalue weighted by Crippen LogP contribution is 2.20. The van der Waals surface area contributed by atoms with E-state index in [9.17, 15) is 9.59 Å². The summed E-state index contributed by atoms with van der Waals surface area (Å²) in [6, 6.07) is 0. The lowest BCUT2D eigenvalue weighted by Gasteiger charge is -2.27. The van der Waals surface area contributed by atoms with Gasteiger partial charge in [0.2, 0.25) is 0 Å². The molecule has 4 nitrogen and oxygen atoms in total. The van der Waals surface area contributed by atoms with Crippen molar-refractivity contribution in [2.24, 2.45) is 0 Å². The number of hydrogen-bond donors (Lipinski definition) is 0. The predicted molar refractivity (Wildman–Crippen MR) is 95.7 cm³/mol. The molecule has 0 saturated carbocycles. The highest BCUT2D eigenvalue weighted by Gasteiger charge is 2.37. The molecular weight excluding hydrogens is 304 g/mol. The molecule has 1 fully saturated rings. The van der Waals surface area contributed by atoms with E-state index < -0.39 is 12.2 Å². The van der Waals surface area contributed by atoms with Crippen molar-refractivity contribution in [3.05, 3.63) is 0 Å². The van der Waals surface area contributed by atoms with Gasteiger partial charge in [0.25, 0.3) is 0 Å². The first kappa shape index (κ1) is 21.0. The van der Waals surface area contributed by atoms with Gasteiger partial charge < -0.3 is 9.47 Å². The lowest BCUT2D eigenvalue weighted by Crippen LogP contribution is -2.43. The summed E-state index contributed by atoms with van der Waals surface area (Å²) in [6.07, 6.45) is 13.7. The van der Waals surface area contributed by atoms with Crippen molar-refractivity contribution >= 4 is 11.9 Å².